The van der Waals surface area contributed by atoms with Crippen LogP contribution in [0.15, 0.2) is 18.5 Å². The van der Waals surface area contributed by atoms with E-state index < -0.39 is 9.84 Å². The minimum absolute atomic E-state index is 0.0106. The van der Waals surface area contributed by atoms with E-state index in [0.29, 0.717) is 25.9 Å². The summed E-state index contributed by atoms with van der Waals surface area (Å²) in [6, 6.07) is 1.84. The maximum atomic E-state index is 12.3. The van der Waals surface area contributed by atoms with E-state index in [1.54, 1.807) is 24.2 Å². The van der Waals surface area contributed by atoms with Crippen molar-refractivity contribution in [2.24, 2.45) is 0 Å². The van der Waals surface area contributed by atoms with E-state index in [9.17, 15) is 13.2 Å². The van der Waals surface area contributed by atoms with E-state index in [-0.39, 0.29) is 16.9 Å². The van der Waals surface area contributed by atoms with Crippen LogP contribution in [0.2, 0.25) is 0 Å². The predicted molar refractivity (Wildman–Crippen MR) is 77.1 cm³/mol. The van der Waals surface area contributed by atoms with Crippen LogP contribution < -0.4 is 0 Å². The number of carbonyl (C=O) groups excluding carboxylic acids is 1. The predicted octanol–water partition coefficient (Wildman–Crippen LogP) is 0.968. The van der Waals surface area contributed by atoms with Crippen LogP contribution in [0.1, 0.15) is 24.5 Å². The minimum atomic E-state index is -3.05. The van der Waals surface area contributed by atoms with Crippen LogP contribution >= 0.6 is 0 Å². The van der Waals surface area contributed by atoms with E-state index >= 15 is 0 Å². The summed E-state index contributed by atoms with van der Waals surface area (Å²) >= 11 is 0. The molecule has 0 bridgehead atoms. The van der Waals surface area contributed by atoms with Crippen LogP contribution in [0.25, 0.3) is 0 Å². The molecule has 6 heteroatoms. The zero-order chi connectivity index (χ0) is 14.8. The van der Waals surface area contributed by atoms with Gasteiger partial charge in [0, 0.05) is 25.5 Å². The number of aromatic nitrogens is 1. The minimum Gasteiger partial charge on any atom is -0.341 e. The van der Waals surface area contributed by atoms with Crippen LogP contribution in [-0.4, -0.2) is 48.3 Å². The third kappa shape index (κ3) is 3.36. The SMILES string of the molecule is Cc1cnccc1CC(=O)N1CCC(C)S(=O)(=O)CC1. The van der Waals surface area contributed by atoms with Crippen molar-refractivity contribution in [3.05, 3.63) is 29.6 Å². The fourth-order valence-electron chi connectivity index (χ4n) is 2.29. The van der Waals surface area contributed by atoms with E-state index in [0.717, 1.165) is 11.1 Å². The van der Waals surface area contributed by atoms with Gasteiger partial charge < -0.3 is 4.90 Å². The second kappa shape index (κ2) is 5.91. The smallest absolute Gasteiger partial charge is 0.227 e. The molecule has 1 aliphatic heterocycles. The van der Waals surface area contributed by atoms with Crippen molar-refractivity contribution in [2.75, 3.05) is 18.8 Å². The third-order valence-electron chi connectivity index (χ3n) is 3.90. The van der Waals surface area contributed by atoms with Crippen LogP contribution in [0.4, 0.5) is 0 Å². The molecule has 0 saturated carbocycles. The quantitative estimate of drug-likeness (QED) is 0.815. The van der Waals surface area contributed by atoms with Gasteiger partial charge in [0.15, 0.2) is 9.84 Å². The number of sulfone groups is 1. The zero-order valence-electron chi connectivity index (χ0n) is 11.9. The lowest BCUT2D eigenvalue weighted by Crippen LogP contribution is -2.34. The molecule has 0 aromatic carbocycles. The van der Waals surface area contributed by atoms with Crippen molar-refractivity contribution < 1.29 is 13.2 Å². The third-order valence-corrected chi connectivity index (χ3v) is 6.11. The zero-order valence-corrected chi connectivity index (χ0v) is 12.7. The Morgan fingerprint density at radius 2 is 2.20 bits per heavy atom. The van der Waals surface area contributed by atoms with Gasteiger partial charge in [0.2, 0.25) is 5.91 Å². The molecule has 1 aromatic heterocycles. The molecule has 20 heavy (non-hydrogen) atoms. The number of amides is 1. The van der Waals surface area contributed by atoms with Gasteiger partial charge in [-0.1, -0.05) is 0 Å². The van der Waals surface area contributed by atoms with Crippen molar-refractivity contribution in [3.8, 4) is 0 Å². The Bertz CT molecular complexity index is 598. The fraction of sp³-hybridized carbons (Fsp3) is 0.571. The molecule has 2 rings (SSSR count). The summed E-state index contributed by atoms with van der Waals surface area (Å²) in [5, 5.41) is -0.358. The summed E-state index contributed by atoms with van der Waals surface area (Å²) in [6.45, 7) is 4.46. The van der Waals surface area contributed by atoms with Crippen LogP contribution in [0.3, 0.4) is 0 Å². The highest BCUT2D eigenvalue weighted by Gasteiger charge is 2.28. The van der Waals surface area contributed by atoms with Gasteiger partial charge in [-0.05, 0) is 37.5 Å². The summed E-state index contributed by atoms with van der Waals surface area (Å²) < 4.78 is 23.7. The number of carbonyl (C=O) groups is 1. The van der Waals surface area contributed by atoms with Crippen molar-refractivity contribution in [1.82, 2.24) is 9.88 Å². The number of rotatable bonds is 2. The summed E-state index contributed by atoms with van der Waals surface area (Å²) in [4.78, 5) is 18.0. The summed E-state index contributed by atoms with van der Waals surface area (Å²) in [7, 11) is -3.05. The van der Waals surface area contributed by atoms with Gasteiger partial charge >= 0.3 is 0 Å². The van der Waals surface area contributed by atoms with E-state index in [2.05, 4.69) is 4.98 Å². The number of aryl methyl sites for hydroxylation is 1. The molecular weight excluding hydrogens is 276 g/mol. The summed E-state index contributed by atoms with van der Waals surface area (Å²) in [5.41, 5.74) is 1.93. The Labute approximate surface area is 119 Å². The van der Waals surface area contributed by atoms with Gasteiger partial charge in [0.05, 0.1) is 17.4 Å². The molecule has 0 aliphatic carbocycles. The van der Waals surface area contributed by atoms with Gasteiger partial charge in [-0.15, -0.1) is 0 Å². The van der Waals surface area contributed by atoms with E-state index in [4.69, 9.17) is 0 Å². The van der Waals surface area contributed by atoms with Crippen LogP contribution in [0, 0.1) is 6.92 Å². The lowest BCUT2D eigenvalue weighted by Gasteiger charge is -2.20. The fourth-order valence-corrected chi connectivity index (χ4v) is 3.63. The molecule has 1 amide bonds. The highest BCUT2D eigenvalue weighted by molar-refractivity contribution is 7.92. The monoisotopic (exact) mass is 296 g/mol. The van der Waals surface area contributed by atoms with Crippen LogP contribution in [0.5, 0.6) is 0 Å². The van der Waals surface area contributed by atoms with Crippen molar-refractivity contribution >= 4 is 15.7 Å². The molecule has 1 aromatic rings. The van der Waals surface area contributed by atoms with Gasteiger partial charge in [0.1, 0.15) is 0 Å². The highest BCUT2D eigenvalue weighted by Crippen LogP contribution is 2.15. The number of hydrogen-bond donors (Lipinski definition) is 0. The Morgan fingerprint density at radius 3 is 2.90 bits per heavy atom. The molecule has 1 saturated heterocycles. The maximum Gasteiger partial charge on any atom is 0.227 e. The topological polar surface area (TPSA) is 67.3 Å². The van der Waals surface area contributed by atoms with Crippen molar-refractivity contribution in [2.45, 2.75) is 31.9 Å². The average Bonchev–Trinajstić information content (AvgIpc) is 2.53. The van der Waals surface area contributed by atoms with Gasteiger partial charge in [-0.2, -0.15) is 0 Å². The maximum absolute atomic E-state index is 12.3. The lowest BCUT2D eigenvalue weighted by atomic mass is 10.1. The largest absolute Gasteiger partial charge is 0.341 e. The molecule has 1 fully saturated rings. The molecule has 110 valence electrons. The molecule has 0 N–H and O–H groups in total. The number of hydrogen-bond acceptors (Lipinski definition) is 4. The van der Waals surface area contributed by atoms with E-state index in [1.807, 2.05) is 13.0 Å². The first-order chi connectivity index (χ1) is 9.40. The molecule has 1 aliphatic rings. The normalized spacial score (nSPS) is 22.3. The molecule has 0 radical (unpaired) electrons. The van der Waals surface area contributed by atoms with Crippen molar-refractivity contribution in [1.29, 1.82) is 0 Å². The number of nitrogens with zero attached hydrogens (tertiary/aromatic N) is 2. The highest BCUT2D eigenvalue weighted by atomic mass is 32.2. The van der Waals surface area contributed by atoms with Gasteiger partial charge in [-0.3, -0.25) is 9.78 Å². The Kier molecular flexibility index (Phi) is 4.42. The molecule has 0 spiro atoms. The van der Waals surface area contributed by atoms with E-state index in [1.165, 1.54) is 0 Å². The first-order valence-electron chi connectivity index (χ1n) is 6.79. The average molecular weight is 296 g/mol. The Hall–Kier alpha value is -1.43. The lowest BCUT2D eigenvalue weighted by molar-refractivity contribution is -0.130. The Balaban J connectivity index is 2.05. The first-order valence-corrected chi connectivity index (χ1v) is 8.50. The second-order valence-corrected chi connectivity index (χ2v) is 7.86. The number of pyridine rings is 1. The van der Waals surface area contributed by atoms with Gasteiger partial charge in [-0.25, -0.2) is 8.42 Å². The first kappa shape index (κ1) is 15.0. The molecule has 2 heterocycles. The van der Waals surface area contributed by atoms with Gasteiger partial charge in [0.25, 0.3) is 0 Å². The Morgan fingerprint density at radius 1 is 1.45 bits per heavy atom. The molecule has 5 nitrogen and oxygen atoms in total. The molecular formula is C14H20N2O3S. The molecule has 1 unspecified atom stereocenters. The second-order valence-electron chi connectivity index (χ2n) is 5.33. The van der Waals surface area contributed by atoms with Crippen molar-refractivity contribution in [3.63, 3.8) is 0 Å². The summed E-state index contributed by atoms with van der Waals surface area (Å²) in [5.74, 6) is 0.0542. The van der Waals surface area contributed by atoms with Crippen LogP contribution in [-0.2, 0) is 21.1 Å². The standard InChI is InChI=1S/C14H20N2O3S/c1-11-10-15-5-3-13(11)9-14(17)16-6-4-12(2)20(18,19)8-7-16/h3,5,10,12H,4,6-9H2,1-2H3. The summed E-state index contributed by atoms with van der Waals surface area (Å²) in [6.07, 6.45) is 4.23. The molecule has 1 atom stereocenters.